The predicted molar refractivity (Wildman–Crippen MR) is 92.8 cm³/mol. The molecule has 1 aromatic heterocycles. The summed E-state index contributed by atoms with van der Waals surface area (Å²) in [6, 6.07) is 12.7. The highest BCUT2D eigenvalue weighted by Crippen LogP contribution is 2.21. The molecule has 0 saturated carbocycles. The van der Waals surface area contributed by atoms with Gasteiger partial charge in [-0.05, 0) is 42.2 Å². The third-order valence-corrected chi connectivity index (χ3v) is 6.13. The number of benzene rings is 1. The first-order chi connectivity index (χ1) is 11.0. The number of sulfone groups is 1. The highest BCUT2D eigenvalue weighted by atomic mass is 32.2. The molecule has 1 aliphatic heterocycles. The number of nitrogens with zero attached hydrogens (tertiary/aromatic N) is 2. The normalized spacial score (nSPS) is 21.7. The monoisotopic (exact) mass is 330 g/mol. The second-order valence-electron chi connectivity index (χ2n) is 6.20. The number of pyridine rings is 1. The summed E-state index contributed by atoms with van der Waals surface area (Å²) in [6.45, 7) is 3.51. The third-order valence-electron chi connectivity index (χ3n) is 4.47. The minimum Gasteiger partial charge on any atom is -0.295 e. The van der Waals surface area contributed by atoms with Gasteiger partial charge in [0.25, 0.3) is 0 Å². The maximum absolute atomic E-state index is 11.8. The van der Waals surface area contributed by atoms with Crippen LogP contribution >= 0.6 is 0 Å². The van der Waals surface area contributed by atoms with Crippen LogP contribution in [0.15, 0.2) is 48.8 Å². The van der Waals surface area contributed by atoms with Crippen molar-refractivity contribution in [3.8, 4) is 11.1 Å². The maximum Gasteiger partial charge on any atom is 0.151 e. The molecule has 0 N–H and O–H groups in total. The molecule has 2 heterocycles. The van der Waals surface area contributed by atoms with Gasteiger partial charge in [-0.2, -0.15) is 0 Å². The molecule has 0 aliphatic carbocycles. The Morgan fingerprint density at radius 2 is 2.00 bits per heavy atom. The van der Waals surface area contributed by atoms with E-state index >= 15 is 0 Å². The van der Waals surface area contributed by atoms with Crippen LogP contribution in [-0.4, -0.2) is 42.4 Å². The molecule has 1 saturated heterocycles. The maximum atomic E-state index is 11.8. The highest BCUT2D eigenvalue weighted by molar-refractivity contribution is 7.91. The molecule has 0 spiro atoms. The summed E-state index contributed by atoms with van der Waals surface area (Å²) in [5, 5.41) is 0. The van der Waals surface area contributed by atoms with Crippen LogP contribution in [0, 0.1) is 0 Å². The van der Waals surface area contributed by atoms with Gasteiger partial charge in [0.15, 0.2) is 9.84 Å². The number of aromatic nitrogens is 1. The molecule has 23 heavy (non-hydrogen) atoms. The minimum atomic E-state index is -2.88. The van der Waals surface area contributed by atoms with Crippen LogP contribution in [0.2, 0.25) is 0 Å². The Balaban J connectivity index is 1.78. The zero-order valence-corrected chi connectivity index (χ0v) is 14.2. The van der Waals surface area contributed by atoms with E-state index in [9.17, 15) is 8.42 Å². The lowest BCUT2D eigenvalue weighted by atomic mass is 10.0. The fraction of sp³-hybridized carbons (Fsp3) is 0.389. The fourth-order valence-electron chi connectivity index (χ4n) is 2.96. The van der Waals surface area contributed by atoms with Crippen LogP contribution in [0.25, 0.3) is 11.1 Å². The summed E-state index contributed by atoms with van der Waals surface area (Å²) in [6.07, 6.45) is 4.34. The Labute approximate surface area is 138 Å². The van der Waals surface area contributed by atoms with Crippen LogP contribution in [-0.2, 0) is 16.4 Å². The van der Waals surface area contributed by atoms with E-state index < -0.39 is 9.84 Å². The van der Waals surface area contributed by atoms with Gasteiger partial charge in [0.05, 0.1) is 11.5 Å². The van der Waals surface area contributed by atoms with E-state index in [1.54, 1.807) is 6.20 Å². The predicted octanol–water partition coefficient (Wildman–Crippen LogP) is 2.76. The van der Waals surface area contributed by atoms with E-state index in [-0.39, 0.29) is 11.8 Å². The third kappa shape index (κ3) is 4.18. The van der Waals surface area contributed by atoms with E-state index in [4.69, 9.17) is 0 Å². The van der Waals surface area contributed by atoms with Crippen LogP contribution in [0.4, 0.5) is 0 Å². The summed E-state index contributed by atoms with van der Waals surface area (Å²) < 4.78 is 23.6. The van der Waals surface area contributed by atoms with Gasteiger partial charge in [0.2, 0.25) is 0 Å². The van der Waals surface area contributed by atoms with E-state index in [0.29, 0.717) is 18.7 Å². The molecule has 5 heteroatoms. The molecule has 2 aromatic rings. The van der Waals surface area contributed by atoms with Crippen molar-refractivity contribution in [1.82, 2.24) is 9.88 Å². The molecular formula is C18H22N2O2S. The lowest BCUT2D eigenvalue weighted by Gasteiger charge is -2.26. The Kier molecular flexibility index (Phi) is 4.78. The Morgan fingerprint density at radius 1 is 1.17 bits per heavy atom. The molecule has 1 atom stereocenters. The summed E-state index contributed by atoms with van der Waals surface area (Å²) in [5.74, 6) is 0.569. The molecule has 1 aliphatic rings. The summed E-state index contributed by atoms with van der Waals surface area (Å²) >= 11 is 0. The Morgan fingerprint density at radius 3 is 2.78 bits per heavy atom. The molecule has 1 aromatic carbocycles. The number of hydrogen-bond donors (Lipinski definition) is 0. The van der Waals surface area contributed by atoms with Crippen LogP contribution in [0.1, 0.15) is 18.9 Å². The van der Waals surface area contributed by atoms with Gasteiger partial charge in [-0.15, -0.1) is 0 Å². The molecule has 0 bridgehead atoms. The minimum absolute atomic E-state index is 0.264. The van der Waals surface area contributed by atoms with Crippen molar-refractivity contribution in [2.24, 2.45) is 0 Å². The molecule has 1 fully saturated rings. The second kappa shape index (κ2) is 6.81. The first-order valence-corrected chi connectivity index (χ1v) is 9.79. The van der Waals surface area contributed by atoms with Crippen molar-refractivity contribution in [3.63, 3.8) is 0 Å². The summed E-state index contributed by atoms with van der Waals surface area (Å²) in [5.41, 5.74) is 3.45. The zero-order chi connectivity index (χ0) is 16.3. The first-order valence-electron chi connectivity index (χ1n) is 7.97. The van der Waals surface area contributed by atoms with Gasteiger partial charge in [0.1, 0.15) is 0 Å². The highest BCUT2D eigenvalue weighted by Gasteiger charge is 2.24. The fourth-order valence-corrected chi connectivity index (χ4v) is 4.38. The molecule has 122 valence electrons. The average Bonchev–Trinajstić information content (AvgIpc) is 2.69. The van der Waals surface area contributed by atoms with Crippen LogP contribution in [0.3, 0.4) is 0 Å². The van der Waals surface area contributed by atoms with E-state index in [2.05, 4.69) is 41.1 Å². The molecule has 0 radical (unpaired) electrons. The van der Waals surface area contributed by atoms with Gasteiger partial charge < -0.3 is 0 Å². The van der Waals surface area contributed by atoms with Crippen LogP contribution in [0.5, 0.6) is 0 Å². The molecule has 0 amide bonds. The Bertz CT molecular complexity index is 760. The van der Waals surface area contributed by atoms with Crippen molar-refractivity contribution in [1.29, 1.82) is 0 Å². The largest absolute Gasteiger partial charge is 0.295 e. The quantitative estimate of drug-likeness (QED) is 0.868. The van der Waals surface area contributed by atoms with Gasteiger partial charge in [-0.3, -0.25) is 9.88 Å². The SMILES string of the molecule is CC1CCS(=O)(=O)CCN1Cc1cccc(-c2cccnc2)c1. The Hall–Kier alpha value is -1.72. The zero-order valence-electron chi connectivity index (χ0n) is 13.4. The first kappa shape index (κ1) is 16.1. The summed E-state index contributed by atoms with van der Waals surface area (Å²) in [4.78, 5) is 6.44. The lowest BCUT2D eigenvalue weighted by Crippen LogP contribution is -2.33. The van der Waals surface area contributed by atoms with Gasteiger partial charge >= 0.3 is 0 Å². The van der Waals surface area contributed by atoms with Crippen molar-refractivity contribution in [3.05, 3.63) is 54.4 Å². The van der Waals surface area contributed by atoms with Crippen LogP contribution < -0.4 is 0 Å². The van der Waals surface area contributed by atoms with E-state index in [0.717, 1.165) is 17.7 Å². The standard InChI is InChI=1S/C18H22N2O2S/c1-15-7-10-23(21,22)11-9-20(15)14-16-4-2-5-17(12-16)18-6-3-8-19-13-18/h2-6,8,12-13,15H,7,9-11,14H2,1H3. The average molecular weight is 330 g/mol. The molecule has 3 rings (SSSR count). The van der Waals surface area contributed by atoms with Crippen molar-refractivity contribution in [2.45, 2.75) is 25.9 Å². The van der Waals surface area contributed by atoms with Gasteiger partial charge in [-0.25, -0.2) is 8.42 Å². The van der Waals surface area contributed by atoms with Gasteiger partial charge in [0, 0.05) is 31.5 Å². The number of rotatable bonds is 3. The molecule has 4 nitrogen and oxygen atoms in total. The van der Waals surface area contributed by atoms with Crippen molar-refractivity contribution in [2.75, 3.05) is 18.1 Å². The van der Waals surface area contributed by atoms with Gasteiger partial charge in [-0.1, -0.05) is 24.3 Å². The number of hydrogen-bond acceptors (Lipinski definition) is 4. The molecule has 1 unspecified atom stereocenters. The smallest absolute Gasteiger partial charge is 0.151 e. The molecular weight excluding hydrogens is 308 g/mol. The summed E-state index contributed by atoms with van der Waals surface area (Å²) in [7, 11) is -2.88. The lowest BCUT2D eigenvalue weighted by molar-refractivity contribution is 0.212. The van der Waals surface area contributed by atoms with Crippen molar-refractivity contribution < 1.29 is 8.42 Å². The second-order valence-corrected chi connectivity index (χ2v) is 8.51. The van der Waals surface area contributed by atoms with E-state index in [1.807, 2.05) is 18.3 Å². The topological polar surface area (TPSA) is 50.3 Å². The van der Waals surface area contributed by atoms with E-state index in [1.165, 1.54) is 5.56 Å². The van der Waals surface area contributed by atoms with Crippen molar-refractivity contribution >= 4 is 9.84 Å².